The van der Waals surface area contributed by atoms with Gasteiger partial charge in [-0.25, -0.2) is 0 Å². The zero-order chi connectivity index (χ0) is 9.78. The summed E-state index contributed by atoms with van der Waals surface area (Å²) in [5.74, 6) is -1.37. The second-order valence-electron chi connectivity index (χ2n) is 1.80. The third-order valence-electron chi connectivity index (χ3n) is 1.21. The predicted octanol–water partition coefficient (Wildman–Crippen LogP) is 1.21. The molecule has 1 unspecified atom stereocenters. The zero-order valence-corrected chi connectivity index (χ0v) is 8.59. The third-order valence-corrected chi connectivity index (χ3v) is 3.60. The van der Waals surface area contributed by atoms with Crippen molar-refractivity contribution in [2.24, 2.45) is 0 Å². The number of carbonyl (C=O) groups is 1. The van der Waals surface area contributed by atoms with Crippen LogP contribution in [0.4, 0.5) is 0 Å². The van der Waals surface area contributed by atoms with Crippen molar-refractivity contribution < 1.29 is 23.1 Å². The molecule has 0 bridgehead atoms. The van der Waals surface area contributed by atoms with E-state index in [4.69, 9.17) is 11.6 Å². The van der Waals surface area contributed by atoms with Gasteiger partial charge in [0.15, 0.2) is 0 Å². The number of methoxy groups -OCH3 is 1. The molecule has 0 heterocycles. The van der Waals surface area contributed by atoms with Gasteiger partial charge >= 0.3 is 7.60 Å². The summed E-state index contributed by atoms with van der Waals surface area (Å²) in [6, 6.07) is 0. The van der Waals surface area contributed by atoms with Gasteiger partial charge < -0.3 is 13.8 Å². The van der Waals surface area contributed by atoms with E-state index >= 15 is 0 Å². The average molecular weight is 217 g/mol. The molecular formula is C5H10ClO5P. The number of ether oxygens (including phenoxy) is 1. The zero-order valence-electron chi connectivity index (χ0n) is 6.94. The molecule has 72 valence electrons. The summed E-state index contributed by atoms with van der Waals surface area (Å²) in [4.78, 5) is 10.6. The van der Waals surface area contributed by atoms with Crippen molar-refractivity contribution in [2.75, 3.05) is 21.3 Å². The smallest absolute Gasteiger partial charge is 0.361 e. The first-order valence-electron chi connectivity index (χ1n) is 2.95. The maximum Gasteiger partial charge on any atom is 0.367 e. The van der Waals surface area contributed by atoms with Crippen molar-refractivity contribution in [3.05, 3.63) is 0 Å². The van der Waals surface area contributed by atoms with Crippen LogP contribution >= 0.6 is 19.2 Å². The fourth-order valence-electron chi connectivity index (χ4n) is 0.612. The highest BCUT2D eigenvalue weighted by atomic mass is 35.5. The fourth-order valence-corrected chi connectivity index (χ4v) is 2.10. The van der Waals surface area contributed by atoms with E-state index in [9.17, 15) is 9.36 Å². The normalized spacial score (nSPS) is 14.3. The van der Waals surface area contributed by atoms with Gasteiger partial charge in [-0.15, -0.1) is 0 Å². The molecule has 0 N–H and O–H groups in total. The first kappa shape index (κ1) is 12.1. The second kappa shape index (κ2) is 4.94. The Morgan fingerprint density at radius 1 is 1.33 bits per heavy atom. The minimum absolute atomic E-state index is 0.912. The maximum absolute atomic E-state index is 11.4. The number of carbonyl (C=O) groups excluding carboxylic acids is 1. The van der Waals surface area contributed by atoms with Crippen molar-refractivity contribution >= 4 is 24.4 Å². The maximum atomic E-state index is 11.4. The van der Waals surface area contributed by atoms with Gasteiger partial charge in [-0.3, -0.25) is 9.36 Å². The van der Waals surface area contributed by atoms with Gasteiger partial charge in [0.25, 0.3) is 5.24 Å². The third kappa shape index (κ3) is 2.54. The molecule has 0 amide bonds. The Morgan fingerprint density at radius 3 is 1.83 bits per heavy atom. The lowest BCUT2D eigenvalue weighted by Crippen LogP contribution is -2.20. The van der Waals surface area contributed by atoms with Crippen LogP contribution in [0.2, 0.25) is 0 Å². The van der Waals surface area contributed by atoms with Gasteiger partial charge in [0, 0.05) is 21.3 Å². The first-order valence-corrected chi connectivity index (χ1v) is 4.94. The lowest BCUT2D eigenvalue weighted by molar-refractivity contribution is -0.117. The fraction of sp³-hybridized carbons (Fsp3) is 0.800. The molecule has 0 aromatic carbocycles. The van der Waals surface area contributed by atoms with Crippen molar-refractivity contribution in [3.8, 4) is 0 Å². The van der Waals surface area contributed by atoms with E-state index in [1.54, 1.807) is 0 Å². The molecule has 0 aromatic rings. The molecule has 0 saturated heterocycles. The molecule has 5 nitrogen and oxygen atoms in total. The molecule has 0 aromatic heterocycles. The SMILES string of the molecule is COC(C(=O)Cl)P(=O)(OC)OC. The van der Waals surface area contributed by atoms with Gasteiger partial charge in [-0.1, -0.05) is 0 Å². The minimum Gasteiger partial charge on any atom is -0.361 e. The standard InChI is InChI=1S/C5H10ClO5P/c1-9-5(4(6)7)12(8,10-2)11-3/h5H,1-3H3. The number of hydrogen-bond donors (Lipinski definition) is 0. The van der Waals surface area contributed by atoms with E-state index < -0.39 is 18.7 Å². The Morgan fingerprint density at radius 2 is 1.75 bits per heavy atom. The lowest BCUT2D eigenvalue weighted by Gasteiger charge is -2.19. The predicted molar refractivity (Wildman–Crippen MR) is 43.3 cm³/mol. The molecule has 0 aliphatic rings. The molecule has 12 heavy (non-hydrogen) atoms. The van der Waals surface area contributed by atoms with Crippen LogP contribution in [0.1, 0.15) is 0 Å². The molecule has 1 atom stereocenters. The van der Waals surface area contributed by atoms with Crippen molar-refractivity contribution in [2.45, 2.75) is 5.85 Å². The van der Waals surface area contributed by atoms with Gasteiger partial charge in [0.2, 0.25) is 5.85 Å². The van der Waals surface area contributed by atoms with Crippen LogP contribution < -0.4 is 0 Å². The van der Waals surface area contributed by atoms with Crippen LogP contribution in [0.25, 0.3) is 0 Å². The molecular weight excluding hydrogens is 206 g/mol. The Balaban J connectivity index is 4.68. The lowest BCUT2D eigenvalue weighted by atomic mass is 10.8. The Labute approximate surface area is 75.5 Å². The van der Waals surface area contributed by atoms with Crippen LogP contribution in [0.15, 0.2) is 0 Å². The van der Waals surface area contributed by atoms with Gasteiger partial charge in [0.1, 0.15) is 0 Å². The van der Waals surface area contributed by atoms with E-state index in [0.29, 0.717) is 0 Å². The average Bonchev–Trinajstić information content (AvgIpc) is 2.04. The van der Waals surface area contributed by atoms with Crippen molar-refractivity contribution in [1.82, 2.24) is 0 Å². The highest BCUT2D eigenvalue weighted by Gasteiger charge is 2.39. The van der Waals surface area contributed by atoms with E-state index in [1.165, 1.54) is 7.11 Å². The molecule has 0 fully saturated rings. The van der Waals surface area contributed by atoms with E-state index in [2.05, 4.69) is 13.8 Å². The van der Waals surface area contributed by atoms with E-state index in [0.717, 1.165) is 14.2 Å². The van der Waals surface area contributed by atoms with Crippen LogP contribution in [-0.2, 0) is 23.1 Å². The Bertz CT molecular complexity index is 198. The van der Waals surface area contributed by atoms with Crippen LogP contribution in [0.3, 0.4) is 0 Å². The molecule has 0 spiro atoms. The van der Waals surface area contributed by atoms with Crippen molar-refractivity contribution in [3.63, 3.8) is 0 Å². The Kier molecular flexibility index (Phi) is 4.97. The van der Waals surface area contributed by atoms with E-state index in [-0.39, 0.29) is 0 Å². The molecule has 7 heteroatoms. The Hall–Kier alpha value is 0.0700. The van der Waals surface area contributed by atoms with E-state index in [1.807, 2.05) is 0 Å². The second-order valence-corrected chi connectivity index (χ2v) is 4.45. The molecule has 0 rings (SSSR count). The highest BCUT2D eigenvalue weighted by Crippen LogP contribution is 2.52. The topological polar surface area (TPSA) is 61.8 Å². The first-order chi connectivity index (χ1) is 5.51. The number of hydrogen-bond acceptors (Lipinski definition) is 5. The molecule has 0 aliphatic carbocycles. The van der Waals surface area contributed by atoms with Crippen molar-refractivity contribution in [1.29, 1.82) is 0 Å². The van der Waals surface area contributed by atoms with Crippen LogP contribution in [-0.4, -0.2) is 32.4 Å². The largest absolute Gasteiger partial charge is 0.367 e. The molecule has 0 radical (unpaired) electrons. The van der Waals surface area contributed by atoms with Gasteiger partial charge in [-0.05, 0) is 11.6 Å². The summed E-state index contributed by atoms with van der Waals surface area (Å²) in [5, 5.41) is -0.912. The quantitative estimate of drug-likeness (QED) is 0.511. The van der Waals surface area contributed by atoms with Gasteiger partial charge in [0.05, 0.1) is 0 Å². The summed E-state index contributed by atoms with van der Waals surface area (Å²) in [5.41, 5.74) is 0. The highest BCUT2D eigenvalue weighted by molar-refractivity contribution is 7.56. The molecule has 0 aliphatic heterocycles. The number of rotatable bonds is 5. The summed E-state index contributed by atoms with van der Waals surface area (Å²) < 4.78 is 25.0. The molecule has 0 saturated carbocycles. The van der Waals surface area contributed by atoms with Gasteiger partial charge in [-0.2, -0.15) is 0 Å². The van der Waals surface area contributed by atoms with Crippen LogP contribution in [0, 0.1) is 0 Å². The summed E-state index contributed by atoms with van der Waals surface area (Å²) >= 11 is 5.09. The summed E-state index contributed by atoms with van der Waals surface area (Å²) in [6.45, 7) is 0. The summed E-state index contributed by atoms with van der Waals surface area (Å²) in [7, 11) is -0.0631. The number of halogens is 1. The minimum atomic E-state index is -3.55. The summed E-state index contributed by atoms with van der Waals surface area (Å²) in [6.07, 6.45) is 0. The monoisotopic (exact) mass is 216 g/mol. The van der Waals surface area contributed by atoms with Crippen LogP contribution in [0.5, 0.6) is 0 Å².